The van der Waals surface area contributed by atoms with E-state index in [1.165, 1.54) is 25.1 Å². The highest BCUT2D eigenvalue weighted by Crippen LogP contribution is 2.26. The predicted octanol–water partition coefficient (Wildman–Crippen LogP) is 1.68. The Hall–Kier alpha value is -0.930. The second-order valence-corrected chi connectivity index (χ2v) is 4.83. The molecule has 2 atom stereocenters. The zero-order valence-corrected chi connectivity index (χ0v) is 10.2. The van der Waals surface area contributed by atoms with Crippen LogP contribution in [0, 0.1) is 5.92 Å². The van der Waals surface area contributed by atoms with Crippen molar-refractivity contribution < 1.29 is 0 Å². The molecule has 0 aliphatic carbocycles. The number of aromatic nitrogens is 1. The van der Waals surface area contributed by atoms with E-state index in [0.717, 1.165) is 12.5 Å². The first-order chi connectivity index (χ1) is 7.77. The number of nitrogens with one attached hydrogen (secondary N) is 1. The van der Waals surface area contributed by atoms with E-state index >= 15 is 0 Å². The van der Waals surface area contributed by atoms with Gasteiger partial charge in [-0.1, -0.05) is 6.07 Å². The van der Waals surface area contributed by atoms with Gasteiger partial charge >= 0.3 is 0 Å². The van der Waals surface area contributed by atoms with Gasteiger partial charge in [0.05, 0.1) is 11.7 Å². The molecule has 1 aromatic heterocycles. The summed E-state index contributed by atoms with van der Waals surface area (Å²) in [4.78, 5) is 6.76. The van der Waals surface area contributed by atoms with Crippen molar-refractivity contribution in [3.63, 3.8) is 0 Å². The summed E-state index contributed by atoms with van der Waals surface area (Å²) in [5.74, 6) is 0.800. The number of rotatable bonds is 4. The van der Waals surface area contributed by atoms with Gasteiger partial charge in [0.15, 0.2) is 0 Å². The zero-order valence-electron chi connectivity index (χ0n) is 10.2. The van der Waals surface area contributed by atoms with Crippen molar-refractivity contribution in [3.05, 3.63) is 30.1 Å². The molecule has 2 rings (SSSR count). The lowest BCUT2D eigenvalue weighted by atomic mass is 9.96. The van der Waals surface area contributed by atoms with Crippen LogP contribution in [0.25, 0.3) is 0 Å². The number of pyridine rings is 1. The summed E-state index contributed by atoms with van der Waals surface area (Å²) < 4.78 is 0. The Bertz CT molecular complexity index is 304. The maximum Gasteiger partial charge on any atom is 0.0575 e. The summed E-state index contributed by atoms with van der Waals surface area (Å²) in [5.41, 5.74) is 1.19. The van der Waals surface area contributed by atoms with Crippen LogP contribution in [-0.4, -0.2) is 37.1 Å². The van der Waals surface area contributed by atoms with Gasteiger partial charge in [-0.25, -0.2) is 0 Å². The molecule has 2 unspecified atom stereocenters. The maximum absolute atomic E-state index is 4.48. The fourth-order valence-electron chi connectivity index (χ4n) is 2.40. The van der Waals surface area contributed by atoms with Gasteiger partial charge in [0.1, 0.15) is 0 Å². The average molecular weight is 219 g/mol. The van der Waals surface area contributed by atoms with E-state index in [-0.39, 0.29) is 0 Å². The van der Waals surface area contributed by atoms with Crippen LogP contribution in [0.2, 0.25) is 0 Å². The minimum Gasteiger partial charge on any atom is -0.316 e. The van der Waals surface area contributed by atoms with Crippen LogP contribution in [-0.2, 0) is 0 Å². The van der Waals surface area contributed by atoms with Crippen molar-refractivity contribution in [1.29, 1.82) is 0 Å². The third-order valence-electron chi connectivity index (χ3n) is 3.37. The van der Waals surface area contributed by atoms with Crippen molar-refractivity contribution in [2.75, 3.05) is 27.2 Å². The lowest BCUT2D eigenvalue weighted by Gasteiger charge is -2.26. The molecule has 1 aliphatic heterocycles. The first kappa shape index (κ1) is 11.6. The molecule has 0 spiro atoms. The van der Waals surface area contributed by atoms with Gasteiger partial charge in [0, 0.05) is 6.20 Å². The molecule has 1 aromatic rings. The summed E-state index contributed by atoms with van der Waals surface area (Å²) in [5, 5.41) is 3.43. The van der Waals surface area contributed by atoms with Gasteiger partial charge in [-0.3, -0.25) is 4.98 Å². The lowest BCUT2D eigenvalue weighted by molar-refractivity contribution is 0.248. The highest BCUT2D eigenvalue weighted by Gasteiger charge is 2.23. The van der Waals surface area contributed by atoms with Crippen LogP contribution < -0.4 is 5.32 Å². The fraction of sp³-hybridized carbons (Fsp3) is 0.615. The molecule has 16 heavy (non-hydrogen) atoms. The van der Waals surface area contributed by atoms with E-state index in [2.05, 4.69) is 41.4 Å². The van der Waals surface area contributed by atoms with Gasteiger partial charge in [-0.2, -0.15) is 0 Å². The Kier molecular flexibility index (Phi) is 3.91. The predicted molar refractivity (Wildman–Crippen MR) is 66.3 cm³/mol. The van der Waals surface area contributed by atoms with Crippen molar-refractivity contribution in [1.82, 2.24) is 15.2 Å². The fourth-order valence-corrected chi connectivity index (χ4v) is 2.40. The topological polar surface area (TPSA) is 28.2 Å². The quantitative estimate of drug-likeness (QED) is 0.835. The van der Waals surface area contributed by atoms with E-state index in [4.69, 9.17) is 0 Å². The van der Waals surface area contributed by atoms with Crippen LogP contribution in [0.4, 0.5) is 0 Å². The number of hydrogen-bond acceptors (Lipinski definition) is 3. The highest BCUT2D eigenvalue weighted by atomic mass is 15.1. The third kappa shape index (κ3) is 2.80. The largest absolute Gasteiger partial charge is 0.316 e. The summed E-state index contributed by atoms with van der Waals surface area (Å²) in [7, 11) is 4.28. The van der Waals surface area contributed by atoms with Crippen LogP contribution >= 0.6 is 0 Å². The summed E-state index contributed by atoms with van der Waals surface area (Å²) >= 11 is 0. The van der Waals surface area contributed by atoms with Gasteiger partial charge in [0.25, 0.3) is 0 Å². The third-order valence-corrected chi connectivity index (χ3v) is 3.37. The Labute approximate surface area is 97.9 Å². The summed E-state index contributed by atoms with van der Waals surface area (Å²) in [6.07, 6.45) is 4.40. The minimum atomic E-state index is 0.450. The molecule has 2 heterocycles. The Morgan fingerprint density at radius 1 is 1.50 bits per heavy atom. The molecule has 0 saturated carbocycles. The second kappa shape index (κ2) is 5.41. The Morgan fingerprint density at radius 2 is 2.38 bits per heavy atom. The van der Waals surface area contributed by atoms with E-state index < -0.39 is 0 Å². The molecule has 1 aliphatic rings. The second-order valence-electron chi connectivity index (χ2n) is 4.83. The van der Waals surface area contributed by atoms with E-state index in [9.17, 15) is 0 Å². The van der Waals surface area contributed by atoms with Crippen LogP contribution in [0.15, 0.2) is 24.4 Å². The molecule has 3 nitrogen and oxygen atoms in total. The van der Waals surface area contributed by atoms with Gasteiger partial charge in [0.2, 0.25) is 0 Å². The van der Waals surface area contributed by atoms with E-state index in [1.807, 2.05) is 12.3 Å². The van der Waals surface area contributed by atoms with Gasteiger partial charge in [-0.15, -0.1) is 0 Å². The van der Waals surface area contributed by atoms with Gasteiger partial charge in [-0.05, 0) is 58.1 Å². The molecule has 0 radical (unpaired) electrons. The zero-order chi connectivity index (χ0) is 11.4. The normalized spacial score (nSPS) is 22.6. The molecule has 1 saturated heterocycles. The van der Waals surface area contributed by atoms with Crippen molar-refractivity contribution in [2.24, 2.45) is 5.92 Å². The van der Waals surface area contributed by atoms with Crippen LogP contribution in [0.3, 0.4) is 0 Å². The molecule has 88 valence electrons. The lowest BCUT2D eigenvalue weighted by Crippen LogP contribution is -2.24. The molecule has 0 aromatic carbocycles. The Balaban J connectivity index is 2.05. The first-order valence-corrected chi connectivity index (χ1v) is 6.05. The molecule has 0 amide bonds. The van der Waals surface area contributed by atoms with Crippen molar-refractivity contribution in [3.8, 4) is 0 Å². The van der Waals surface area contributed by atoms with Crippen LogP contribution in [0.5, 0.6) is 0 Å². The summed E-state index contributed by atoms with van der Waals surface area (Å²) in [6.45, 7) is 2.34. The molecule has 3 heteroatoms. The molecule has 0 bridgehead atoms. The number of nitrogens with zero attached hydrogens (tertiary/aromatic N) is 2. The molecular formula is C13H21N3. The SMILES string of the molecule is CN(C)C(CC1CCNC1)c1ccccn1. The maximum atomic E-state index is 4.48. The Morgan fingerprint density at radius 3 is 2.94 bits per heavy atom. The summed E-state index contributed by atoms with van der Waals surface area (Å²) in [6, 6.07) is 6.64. The average Bonchev–Trinajstić information content (AvgIpc) is 2.79. The first-order valence-electron chi connectivity index (χ1n) is 6.05. The molecule has 1 fully saturated rings. The van der Waals surface area contributed by atoms with E-state index in [1.54, 1.807) is 0 Å². The van der Waals surface area contributed by atoms with Crippen LogP contribution in [0.1, 0.15) is 24.6 Å². The van der Waals surface area contributed by atoms with E-state index in [0.29, 0.717) is 6.04 Å². The van der Waals surface area contributed by atoms with Crippen molar-refractivity contribution >= 4 is 0 Å². The highest BCUT2D eigenvalue weighted by molar-refractivity contribution is 5.09. The van der Waals surface area contributed by atoms with Gasteiger partial charge < -0.3 is 10.2 Å². The molecule has 1 N–H and O–H groups in total. The number of hydrogen-bond donors (Lipinski definition) is 1. The monoisotopic (exact) mass is 219 g/mol. The smallest absolute Gasteiger partial charge is 0.0575 e. The standard InChI is InChI=1S/C13H21N3/c1-16(2)13(9-11-6-8-14-10-11)12-5-3-4-7-15-12/h3-5,7,11,13-14H,6,8-10H2,1-2H3. The minimum absolute atomic E-state index is 0.450. The molecular weight excluding hydrogens is 198 g/mol. The van der Waals surface area contributed by atoms with Crippen molar-refractivity contribution in [2.45, 2.75) is 18.9 Å².